The molecule has 0 aliphatic heterocycles. The summed E-state index contributed by atoms with van der Waals surface area (Å²) in [5, 5.41) is 2.05. The summed E-state index contributed by atoms with van der Waals surface area (Å²) in [6, 6.07) is 20.1. The number of ether oxygens (including phenoxy) is 2. The Balaban J connectivity index is 2.04. The molecule has 0 radical (unpaired) electrons. The predicted molar refractivity (Wildman–Crippen MR) is 164 cm³/mol. The summed E-state index contributed by atoms with van der Waals surface area (Å²) in [6.45, 7) is 13.4. The Labute approximate surface area is 245 Å². The number of aryl methyl sites for hydroxylation is 1. The van der Waals surface area contributed by atoms with E-state index in [4.69, 9.17) is 32.7 Å². The Morgan fingerprint density at radius 2 is 1.45 bits per heavy atom. The summed E-state index contributed by atoms with van der Waals surface area (Å²) < 4.78 is 14.1. The first-order valence-electron chi connectivity index (χ1n) is 13.2. The van der Waals surface area contributed by atoms with Crippen molar-refractivity contribution in [2.75, 3.05) is 6.61 Å². The molecule has 0 saturated carbocycles. The second-order valence-electron chi connectivity index (χ2n) is 12.0. The lowest BCUT2D eigenvalue weighted by Gasteiger charge is -2.31. The number of pyridine rings is 1. The van der Waals surface area contributed by atoms with Crippen LogP contribution in [0.1, 0.15) is 58.8 Å². The average Bonchev–Trinajstić information content (AvgIpc) is 2.86. The molecule has 1 heterocycles. The fraction of sp³-hybridized carbons (Fsp3) is 0.333. The molecule has 4 rings (SSSR count). The molecule has 210 valence electrons. The third-order valence-corrected chi connectivity index (χ3v) is 6.96. The first kappa shape index (κ1) is 29.9. The fourth-order valence-electron chi connectivity index (χ4n) is 4.70. The van der Waals surface area contributed by atoms with Crippen LogP contribution in [0.3, 0.4) is 0 Å². The van der Waals surface area contributed by atoms with Crippen LogP contribution in [0.2, 0.25) is 10.0 Å². The van der Waals surface area contributed by atoms with Gasteiger partial charge in [0.05, 0.1) is 16.5 Å². The van der Waals surface area contributed by atoms with Gasteiger partial charge in [-0.25, -0.2) is 0 Å². The molecule has 3 aromatic carbocycles. The highest BCUT2D eigenvalue weighted by molar-refractivity contribution is 6.31. The minimum Gasteiger partial charge on any atom is -0.462 e. The van der Waals surface area contributed by atoms with Crippen molar-refractivity contribution in [1.82, 2.24) is 4.57 Å². The maximum Gasteiger partial charge on any atom is 0.311 e. The minimum atomic E-state index is -0.654. The zero-order valence-corrected chi connectivity index (χ0v) is 25.5. The van der Waals surface area contributed by atoms with Crippen molar-refractivity contribution >= 4 is 40.1 Å². The number of rotatable bonds is 6. The van der Waals surface area contributed by atoms with Crippen LogP contribution in [-0.2, 0) is 14.3 Å². The fourth-order valence-corrected chi connectivity index (χ4v) is 4.95. The highest BCUT2D eigenvalue weighted by atomic mass is 35.5. The molecule has 0 amide bonds. The molecule has 1 atom stereocenters. The SMILES string of the molecule is Cc1cc2c(ccc(=O)n2-c2ccc(Cl)cc2)c(-c2ccc(Cl)cc2)c1[C@H](COC(=O)C(C)(C)C)OC(C)(C)C. The van der Waals surface area contributed by atoms with Gasteiger partial charge in [-0.1, -0.05) is 35.3 Å². The largest absolute Gasteiger partial charge is 0.462 e. The summed E-state index contributed by atoms with van der Waals surface area (Å²) in [7, 11) is 0. The van der Waals surface area contributed by atoms with Gasteiger partial charge in [0.1, 0.15) is 12.7 Å². The molecule has 0 aliphatic carbocycles. The van der Waals surface area contributed by atoms with E-state index in [1.165, 1.54) is 0 Å². The smallest absolute Gasteiger partial charge is 0.311 e. The topological polar surface area (TPSA) is 57.5 Å². The van der Waals surface area contributed by atoms with Gasteiger partial charge < -0.3 is 9.47 Å². The number of carbonyl (C=O) groups excluding carboxylic acids is 1. The molecule has 0 fully saturated rings. The van der Waals surface area contributed by atoms with E-state index in [-0.39, 0.29) is 18.1 Å². The van der Waals surface area contributed by atoms with Gasteiger partial charge >= 0.3 is 5.97 Å². The standard InChI is InChI=1S/C33H35Cl2NO4/c1-20-18-26-25(16-17-28(37)36(26)24-14-12-23(35)13-15-24)30(21-8-10-22(34)11-9-21)29(20)27(40-33(5,6)7)19-39-31(38)32(2,3)4/h8-18,27H,19H2,1-7H3/t27-/m0/s1. The van der Waals surface area contributed by atoms with Crippen molar-refractivity contribution in [2.24, 2.45) is 5.41 Å². The average molecular weight is 581 g/mol. The van der Waals surface area contributed by atoms with E-state index in [1.807, 2.05) is 97.0 Å². The third-order valence-electron chi connectivity index (χ3n) is 6.46. The molecule has 1 aromatic heterocycles. The van der Waals surface area contributed by atoms with Gasteiger partial charge in [0.15, 0.2) is 0 Å². The number of aromatic nitrogens is 1. The summed E-state index contributed by atoms with van der Waals surface area (Å²) in [5.41, 5.74) is 3.66. The zero-order valence-electron chi connectivity index (χ0n) is 24.0. The maximum atomic E-state index is 13.2. The number of benzene rings is 3. The van der Waals surface area contributed by atoms with Crippen molar-refractivity contribution in [2.45, 2.75) is 60.2 Å². The first-order chi connectivity index (χ1) is 18.7. The van der Waals surface area contributed by atoms with Crippen molar-refractivity contribution in [3.63, 3.8) is 0 Å². The molecule has 0 unspecified atom stereocenters. The van der Waals surface area contributed by atoms with E-state index in [0.717, 1.165) is 33.2 Å². The molecule has 0 spiro atoms. The first-order valence-corrected chi connectivity index (χ1v) is 14.0. The molecule has 0 aliphatic rings. The van der Waals surface area contributed by atoms with Gasteiger partial charge in [-0.05, 0) is 119 Å². The molecule has 7 heteroatoms. The second kappa shape index (κ2) is 11.4. The van der Waals surface area contributed by atoms with E-state index in [0.29, 0.717) is 15.7 Å². The van der Waals surface area contributed by atoms with Gasteiger partial charge in [0.2, 0.25) is 0 Å². The van der Waals surface area contributed by atoms with Crippen LogP contribution in [-0.4, -0.2) is 22.7 Å². The van der Waals surface area contributed by atoms with E-state index >= 15 is 0 Å². The van der Waals surface area contributed by atoms with Crippen LogP contribution in [0.15, 0.2) is 71.5 Å². The Bertz CT molecular complexity index is 1590. The molecule has 5 nitrogen and oxygen atoms in total. The van der Waals surface area contributed by atoms with Crippen molar-refractivity contribution in [3.05, 3.63) is 98.3 Å². The Morgan fingerprint density at radius 3 is 2.00 bits per heavy atom. The zero-order chi connectivity index (χ0) is 29.4. The van der Waals surface area contributed by atoms with Crippen LogP contribution < -0.4 is 5.56 Å². The van der Waals surface area contributed by atoms with Gasteiger partial charge in [-0.2, -0.15) is 0 Å². The predicted octanol–water partition coefficient (Wildman–Crippen LogP) is 8.72. The lowest BCUT2D eigenvalue weighted by Crippen LogP contribution is -2.30. The van der Waals surface area contributed by atoms with Crippen molar-refractivity contribution in [3.8, 4) is 16.8 Å². The number of nitrogens with zero attached hydrogens (tertiary/aromatic N) is 1. The van der Waals surface area contributed by atoms with Crippen LogP contribution in [0.5, 0.6) is 0 Å². The molecular weight excluding hydrogens is 545 g/mol. The van der Waals surface area contributed by atoms with Crippen molar-refractivity contribution in [1.29, 1.82) is 0 Å². The second-order valence-corrected chi connectivity index (χ2v) is 12.8. The van der Waals surface area contributed by atoms with E-state index < -0.39 is 17.1 Å². The number of hydrogen-bond acceptors (Lipinski definition) is 4. The van der Waals surface area contributed by atoms with Gasteiger partial charge in [-0.15, -0.1) is 0 Å². The number of esters is 1. The third kappa shape index (κ3) is 6.60. The Morgan fingerprint density at radius 1 is 0.875 bits per heavy atom. The molecule has 40 heavy (non-hydrogen) atoms. The normalized spacial score (nSPS) is 12.9. The summed E-state index contributed by atoms with van der Waals surface area (Å²) in [4.78, 5) is 26.0. The van der Waals surface area contributed by atoms with Gasteiger partial charge in [-0.3, -0.25) is 14.2 Å². The van der Waals surface area contributed by atoms with E-state index in [1.54, 1.807) is 22.8 Å². The lowest BCUT2D eigenvalue weighted by molar-refractivity contribution is -0.162. The Kier molecular flexibility index (Phi) is 8.51. The van der Waals surface area contributed by atoms with Crippen LogP contribution >= 0.6 is 23.2 Å². The number of carbonyl (C=O) groups is 1. The number of fused-ring (bicyclic) bond motifs is 1. The molecule has 0 saturated heterocycles. The highest BCUT2D eigenvalue weighted by Crippen LogP contribution is 2.41. The summed E-state index contributed by atoms with van der Waals surface area (Å²) >= 11 is 12.4. The monoisotopic (exact) mass is 579 g/mol. The molecule has 4 aromatic rings. The number of hydrogen-bond donors (Lipinski definition) is 0. The van der Waals surface area contributed by atoms with Crippen molar-refractivity contribution < 1.29 is 14.3 Å². The molecular formula is C33H35Cl2NO4. The minimum absolute atomic E-state index is 0.0388. The van der Waals surface area contributed by atoms with Crippen LogP contribution in [0.25, 0.3) is 27.7 Å². The maximum absolute atomic E-state index is 13.2. The summed E-state index contributed by atoms with van der Waals surface area (Å²) in [5.74, 6) is -0.307. The Hall–Kier alpha value is -3.12. The molecule has 0 N–H and O–H groups in total. The number of halogens is 2. The van der Waals surface area contributed by atoms with Crippen LogP contribution in [0, 0.1) is 12.3 Å². The van der Waals surface area contributed by atoms with E-state index in [9.17, 15) is 9.59 Å². The van der Waals surface area contributed by atoms with Gasteiger partial charge in [0, 0.05) is 27.2 Å². The lowest BCUT2D eigenvalue weighted by atomic mass is 9.88. The van der Waals surface area contributed by atoms with Gasteiger partial charge in [0.25, 0.3) is 5.56 Å². The quantitative estimate of drug-likeness (QED) is 0.214. The van der Waals surface area contributed by atoms with Crippen LogP contribution in [0.4, 0.5) is 0 Å². The summed E-state index contributed by atoms with van der Waals surface area (Å²) in [6.07, 6.45) is -0.572. The molecule has 0 bridgehead atoms. The van der Waals surface area contributed by atoms with E-state index in [2.05, 4.69) is 0 Å². The highest BCUT2D eigenvalue weighted by Gasteiger charge is 2.30.